The van der Waals surface area contributed by atoms with Gasteiger partial charge in [0.05, 0.1) is 5.02 Å². The molecule has 1 aromatic rings. The van der Waals surface area contributed by atoms with E-state index in [-0.39, 0.29) is 5.41 Å². The van der Waals surface area contributed by atoms with Gasteiger partial charge in [-0.1, -0.05) is 18.0 Å². The summed E-state index contributed by atoms with van der Waals surface area (Å²) in [5.74, 6) is 0. The van der Waals surface area contributed by atoms with Crippen LogP contribution < -0.4 is 5.73 Å². The summed E-state index contributed by atoms with van der Waals surface area (Å²) >= 11 is 6.08. The lowest BCUT2D eigenvalue weighted by Crippen LogP contribution is -2.41. The summed E-state index contributed by atoms with van der Waals surface area (Å²) in [5, 5.41) is 0.757. The van der Waals surface area contributed by atoms with E-state index in [1.54, 1.807) is 12.4 Å². The average molecular weight is 197 g/mol. The first kappa shape index (κ1) is 8.97. The first-order valence-electron chi connectivity index (χ1n) is 4.58. The molecule has 0 bridgehead atoms. The Morgan fingerprint density at radius 2 is 2.31 bits per heavy atom. The summed E-state index contributed by atoms with van der Waals surface area (Å²) in [6, 6.07) is 1.99. The molecule has 2 nitrogen and oxygen atoms in total. The van der Waals surface area contributed by atoms with E-state index in [0.29, 0.717) is 6.54 Å². The first-order valence-corrected chi connectivity index (χ1v) is 4.96. The molecule has 0 saturated heterocycles. The van der Waals surface area contributed by atoms with E-state index < -0.39 is 0 Å². The summed E-state index contributed by atoms with van der Waals surface area (Å²) < 4.78 is 0. The number of nitrogens with zero attached hydrogens (tertiary/aromatic N) is 1. The van der Waals surface area contributed by atoms with Gasteiger partial charge in [0.25, 0.3) is 0 Å². The summed E-state index contributed by atoms with van der Waals surface area (Å²) in [6.45, 7) is 0.691. The molecular weight excluding hydrogens is 184 g/mol. The highest BCUT2D eigenvalue weighted by atomic mass is 35.5. The van der Waals surface area contributed by atoms with Crippen LogP contribution in [0.1, 0.15) is 24.8 Å². The van der Waals surface area contributed by atoms with E-state index >= 15 is 0 Å². The molecule has 1 heterocycles. The molecule has 1 fully saturated rings. The minimum Gasteiger partial charge on any atom is -0.330 e. The third kappa shape index (κ3) is 1.34. The highest BCUT2D eigenvalue weighted by Crippen LogP contribution is 2.44. The Balaban J connectivity index is 2.38. The minimum absolute atomic E-state index is 0.153. The lowest BCUT2D eigenvalue weighted by molar-refractivity contribution is 0.253. The van der Waals surface area contributed by atoms with E-state index in [9.17, 15) is 0 Å². The predicted octanol–water partition coefficient (Wildman–Crippen LogP) is 2.12. The van der Waals surface area contributed by atoms with Gasteiger partial charge >= 0.3 is 0 Å². The SMILES string of the molecule is NCC1(c2ccncc2Cl)CCC1. The molecule has 0 aliphatic heterocycles. The van der Waals surface area contributed by atoms with Crippen molar-refractivity contribution in [1.29, 1.82) is 0 Å². The van der Waals surface area contributed by atoms with Crippen molar-refractivity contribution in [2.45, 2.75) is 24.7 Å². The average Bonchev–Trinajstić information content (AvgIpc) is 2.07. The zero-order valence-corrected chi connectivity index (χ0v) is 8.22. The van der Waals surface area contributed by atoms with Gasteiger partial charge in [-0.05, 0) is 24.5 Å². The predicted molar refractivity (Wildman–Crippen MR) is 53.8 cm³/mol. The van der Waals surface area contributed by atoms with E-state index in [4.69, 9.17) is 17.3 Å². The van der Waals surface area contributed by atoms with Crippen molar-refractivity contribution in [3.05, 3.63) is 29.0 Å². The molecule has 1 saturated carbocycles. The fraction of sp³-hybridized carbons (Fsp3) is 0.500. The van der Waals surface area contributed by atoms with E-state index in [1.807, 2.05) is 6.07 Å². The van der Waals surface area contributed by atoms with Crippen molar-refractivity contribution in [3.8, 4) is 0 Å². The molecule has 0 atom stereocenters. The largest absolute Gasteiger partial charge is 0.330 e. The van der Waals surface area contributed by atoms with Gasteiger partial charge in [0.15, 0.2) is 0 Å². The molecule has 0 unspecified atom stereocenters. The van der Waals surface area contributed by atoms with Gasteiger partial charge in [0, 0.05) is 24.4 Å². The van der Waals surface area contributed by atoms with Crippen molar-refractivity contribution in [2.24, 2.45) is 5.73 Å². The standard InChI is InChI=1S/C10H13ClN2/c11-9-6-13-5-2-8(9)10(7-12)3-1-4-10/h2,5-6H,1,3-4,7,12H2. The first-order chi connectivity index (χ1) is 6.28. The number of hydrogen-bond donors (Lipinski definition) is 1. The van der Waals surface area contributed by atoms with Crippen LogP contribution in [0.2, 0.25) is 5.02 Å². The Morgan fingerprint density at radius 1 is 1.54 bits per heavy atom. The zero-order valence-electron chi connectivity index (χ0n) is 7.46. The Labute approximate surface area is 83.1 Å². The van der Waals surface area contributed by atoms with Gasteiger partial charge in [-0.3, -0.25) is 4.98 Å². The quantitative estimate of drug-likeness (QED) is 0.787. The molecule has 0 radical (unpaired) electrons. The Bertz CT molecular complexity index is 302. The van der Waals surface area contributed by atoms with Crippen molar-refractivity contribution in [2.75, 3.05) is 6.54 Å². The highest BCUT2D eigenvalue weighted by Gasteiger charge is 2.38. The van der Waals surface area contributed by atoms with Gasteiger partial charge in [-0.2, -0.15) is 0 Å². The second-order valence-electron chi connectivity index (χ2n) is 3.69. The second kappa shape index (κ2) is 3.28. The summed E-state index contributed by atoms with van der Waals surface area (Å²) in [5.41, 5.74) is 7.12. The molecule has 3 heteroatoms. The molecule has 1 aliphatic carbocycles. The van der Waals surface area contributed by atoms with Crippen molar-refractivity contribution >= 4 is 11.6 Å². The monoisotopic (exact) mass is 196 g/mol. The number of halogens is 1. The maximum Gasteiger partial charge on any atom is 0.0627 e. The Morgan fingerprint density at radius 3 is 2.77 bits per heavy atom. The summed E-state index contributed by atoms with van der Waals surface area (Å²) in [4.78, 5) is 3.98. The highest BCUT2D eigenvalue weighted by molar-refractivity contribution is 6.31. The smallest absolute Gasteiger partial charge is 0.0627 e. The van der Waals surface area contributed by atoms with Gasteiger partial charge in [-0.25, -0.2) is 0 Å². The molecule has 2 N–H and O–H groups in total. The maximum atomic E-state index is 6.08. The molecule has 0 aromatic carbocycles. The zero-order chi connectivity index (χ0) is 9.31. The van der Waals surface area contributed by atoms with Gasteiger partial charge in [0.1, 0.15) is 0 Å². The molecule has 0 amide bonds. The molecule has 0 spiro atoms. The van der Waals surface area contributed by atoms with Crippen molar-refractivity contribution in [3.63, 3.8) is 0 Å². The van der Waals surface area contributed by atoms with Gasteiger partial charge in [-0.15, -0.1) is 0 Å². The van der Waals surface area contributed by atoms with Crippen LogP contribution in [0.4, 0.5) is 0 Å². The Hall–Kier alpha value is -0.600. The lowest BCUT2D eigenvalue weighted by atomic mass is 9.65. The summed E-state index contributed by atoms with van der Waals surface area (Å²) in [7, 11) is 0. The van der Waals surface area contributed by atoms with Crippen LogP contribution in [0.15, 0.2) is 18.5 Å². The molecule has 1 aromatic heterocycles. The van der Waals surface area contributed by atoms with E-state index in [2.05, 4.69) is 4.98 Å². The normalized spacial score (nSPS) is 19.5. The topological polar surface area (TPSA) is 38.9 Å². The van der Waals surface area contributed by atoms with E-state index in [1.165, 1.54) is 12.0 Å². The molecule has 1 aliphatic rings. The molecule has 70 valence electrons. The van der Waals surface area contributed by atoms with Gasteiger partial charge < -0.3 is 5.73 Å². The fourth-order valence-corrected chi connectivity index (χ4v) is 2.31. The van der Waals surface area contributed by atoms with Crippen LogP contribution >= 0.6 is 11.6 Å². The van der Waals surface area contributed by atoms with Crippen LogP contribution in [0.25, 0.3) is 0 Å². The van der Waals surface area contributed by atoms with Crippen LogP contribution in [-0.4, -0.2) is 11.5 Å². The van der Waals surface area contributed by atoms with Crippen LogP contribution in [0, 0.1) is 0 Å². The van der Waals surface area contributed by atoms with Crippen LogP contribution in [-0.2, 0) is 5.41 Å². The number of pyridine rings is 1. The third-order valence-electron chi connectivity index (χ3n) is 3.05. The summed E-state index contributed by atoms with van der Waals surface area (Å²) in [6.07, 6.45) is 7.07. The number of aromatic nitrogens is 1. The maximum absolute atomic E-state index is 6.08. The number of rotatable bonds is 2. The van der Waals surface area contributed by atoms with Crippen LogP contribution in [0.3, 0.4) is 0 Å². The third-order valence-corrected chi connectivity index (χ3v) is 3.35. The fourth-order valence-electron chi connectivity index (χ4n) is 1.99. The second-order valence-corrected chi connectivity index (χ2v) is 4.10. The van der Waals surface area contributed by atoms with Crippen molar-refractivity contribution in [1.82, 2.24) is 4.98 Å². The lowest BCUT2D eigenvalue weighted by Gasteiger charge is -2.41. The van der Waals surface area contributed by atoms with E-state index in [0.717, 1.165) is 17.9 Å². The van der Waals surface area contributed by atoms with Crippen LogP contribution in [0.5, 0.6) is 0 Å². The number of hydrogen-bond acceptors (Lipinski definition) is 2. The minimum atomic E-state index is 0.153. The molecule has 2 rings (SSSR count). The van der Waals surface area contributed by atoms with Crippen molar-refractivity contribution < 1.29 is 0 Å². The Kier molecular flexibility index (Phi) is 2.26. The van der Waals surface area contributed by atoms with Gasteiger partial charge in [0.2, 0.25) is 0 Å². The molecular formula is C10H13ClN2. The molecule has 13 heavy (non-hydrogen) atoms. The number of nitrogens with two attached hydrogens (primary N) is 1.